The van der Waals surface area contributed by atoms with Crippen molar-refractivity contribution < 1.29 is 14.7 Å². The van der Waals surface area contributed by atoms with Crippen molar-refractivity contribution in [2.75, 3.05) is 18.1 Å². The molecule has 2 saturated heterocycles. The van der Waals surface area contributed by atoms with Gasteiger partial charge in [-0.15, -0.1) is 0 Å². The SMILES string of the molecule is O=C(O)C1CC2(CCSCC2)CN1C(=O)C1Cc2cc(Br)cnc2C1. The van der Waals surface area contributed by atoms with Crippen LogP contribution in [-0.2, 0) is 22.4 Å². The number of carboxylic acid groups (broad SMARTS) is 1. The van der Waals surface area contributed by atoms with E-state index >= 15 is 0 Å². The highest BCUT2D eigenvalue weighted by atomic mass is 79.9. The van der Waals surface area contributed by atoms with Gasteiger partial charge in [0.15, 0.2) is 0 Å². The zero-order valence-electron chi connectivity index (χ0n) is 13.9. The zero-order valence-corrected chi connectivity index (χ0v) is 16.3. The van der Waals surface area contributed by atoms with Crippen molar-refractivity contribution in [3.8, 4) is 0 Å². The standard InChI is InChI=1S/C18H21BrN2O3S/c19-13-6-11-5-12(7-14(11)20-9-13)16(22)21-10-18(1-3-25-4-2-18)8-15(21)17(23)24/h6,9,12,15H,1-5,7-8,10H2,(H,23,24). The van der Waals surface area contributed by atoms with Crippen molar-refractivity contribution in [3.05, 3.63) is 28.0 Å². The van der Waals surface area contributed by atoms with Gasteiger partial charge in [0.05, 0.1) is 0 Å². The lowest BCUT2D eigenvalue weighted by atomic mass is 9.80. The van der Waals surface area contributed by atoms with Gasteiger partial charge in [-0.1, -0.05) is 0 Å². The van der Waals surface area contributed by atoms with Gasteiger partial charge in [-0.05, 0) is 70.2 Å². The Morgan fingerprint density at radius 1 is 1.32 bits per heavy atom. The van der Waals surface area contributed by atoms with E-state index in [1.807, 2.05) is 17.8 Å². The second-order valence-electron chi connectivity index (χ2n) is 7.50. The number of fused-ring (bicyclic) bond motifs is 1. The number of carboxylic acids is 1. The van der Waals surface area contributed by atoms with E-state index in [4.69, 9.17) is 0 Å². The number of halogens is 1. The Balaban J connectivity index is 1.53. The fraction of sp³-hybridized carbons (Fsp3) is 0.611. The first-order valence-corrected chi connectivity index (χ1v) is 10.7. The third-order valence-corrected chi connectivity index (χ3v) is 7.33. The van der Waals surface area contributed by atoms with E-state index in [1.165, 1.54) is 0 Å². The number of hydrogen-bond donors (Lipinski definition) is 1. The fourth-order valence-corrected chi connectivity index (χ4v) is 6.26. The lowest BCUT2D eigenvalue weighted by Crippen LogP contribution is -2.44. The summed E-state index contributed by atoms with van der Waals surface area (Å²) in [5.74, 6) is 1.10. The molecule has 7 heteroatoms. The van der Waals surface area contributed by atoms with Crippen molar-refractivity contribution in [2.45, 2.75) is 38.1 Å². The number of nitrogens with zero attached hydrogens (tertiary/aromatic N) is 2. The van der Waals surface area contributed by atoms with E-state index in [0.29, 0.717) is 25.8 Å². The maximum atomic E-state index is 13.2. The number of aromatic nitrogens is 1. The van der Waals surface area contributed by atoms with Crippen LogP contribution < -0.4 is 0 Å². The third kappa shape index (κ3) is 3.21. The number of carbonyl (C=O) groups excluding carboxylic acids is 1. The number of thioether (sulfide) groups is 1. The van der Waals surface area contributed by atoms with Crippen LogP contribution in [0, 0.1) is 11.3 Å². The van der Waals surface area contributed by atoms with E-state index in [9.17, 15) is 14.7 Å². The Bertz CT molecular complexity index is 720. The monoisotopic (exact) mass is 424 g/mol. The second-order valence-corrected chi connectivity index (χ2v) is 9.64. The Morgan fingerprint density at radius 2 is 2.08 bits per heavy atom. The number of rotatable bonds is 2. The van der Waals surface area contributed by atoms with Crippen LogP contribution >= 0.6 is 27.7 Å². The van der Waals surface area contributed by atoms with E-state index in [-0.39, 0.29) is 17.2 Å². The van der Waals surface area contributed by atoms with Crippen LogP contribution in [-0.4, -0.2) is 51.0 Å². The predicted molar refractivity (Wildman–Crippen MR) is 99.6 cm³/mol. The minimum absolute atomic E-state index is 0.00313. The summed E-state index contributed by atoms with van der Waals surface area (Å²) in [7, 11) is 0. The Kier molecular flexibility index (Phi) is 4.56. The molecule has 2 atom stereocenters. The predicted octanol–water partition coefficient (Wildman–Crippen LogP) is 2.76. The highest BCUT2D eigenvalue weighted by Crippen LogP contribution is 2.46. The third-order valence-electron chi connectivity index (χ3n) is 5.91. The van der Waals surface area contributed by atoms with Gasteiger partial charge >= 0.3 is 5.97 Å². The van der Waals surface area contributed by atoms with Gasteiger partial charge in [0.25, 0.3) is 0 Å². The molecular formula is C18H21BrN2O3S. The first-order chi connectivity index (χ1) is 12.0. The molecule has 134 valence electrons. The number of hydrogen-bond acceptors (Lipinski definition) is 4. The molecule has 1 aliphatic carbocycles. The molecule has 5 nitrogen and oxygen atoms in total. The molecule has 3 heterocycles. The highest BCUT2D eigenvalue weighted by Gasteiger charge is 2.50. The molecule has 1 aromatic rings. The normalized spacial score (nSPS) is 27.5. The quantitative estimate of drug-likeness (QED) is 0.789. The van der Waals surface area contributed by atoms with Crippen LogP contribution in [0.25, 0.3) is 0 Å². The van der Waals surface area contributed by atoms with E-state index < -0.39 is 12.0 Å². The number of aliphatic carboxylic acids is 1. The first-order valence-electron chi connectivity index (χ1n) is 8.72. The van der Waals surface area contributed by atoms with Gasteiger partial charge in [0.2, 0.25) is 5.91 Å². The summed E-state index contributed by atoms with van der Waals surface area (Å²) in [6, 6.07) is 1.35. The maximum absolute atomic E-state index is 13.2. The van der Waals surface area contributed by atoms with E-state index in [2.05, 4.69) is 20.9 Å². The molecule has 1 aromatic heterocycles. The summed E-state index contributed by atoms with van der Waals surface area (Å²) in [4.78, 5) is 31.1. The highest BCUT2D eigenvalue weighted by molar-refractivity contribution is 9.10. The van der Waals surface area contributed by atoms with Gasteiger partial charge in [-0.25, -0.2) is 4.79 Å². The van der Waals surface area contributed by atoms with Crippen molar-refractivity contribution in [2.24, 2.45) is 11.3 Å². The van der Waals surface area contributed by atoms with Gasteiger partial charge in [-0.2, -0.15) is 11.8 Å². The van der Waals surface area contributed by atoms with Gasteiger partial charge in [0, 0.05) is 35.2 Å². The topological polar surface area (TPSA) is 70.5 Å². The Labute approximate surface area is 159 Å². The molecule has 25 heavy (non-hydrogen) atoms. The summed E-state index contributed by atoms with van der Waals surface area (Å²) in [5.41, 5.74) is 2.08. The molecule has 1 amide bonds. The molecule has 0 bridgehead atoms. The Hall–Kier alpha value is -1.08. The van der Waals surface area contributed by atoms with Crippen LogP contribution in [0.4, 0.5) is 0 Å². The van der Waals surface area contributed by atoms with Gasteiger partial charge in [0.1, 0.15) is 6.04 Å². The molecule has 0 saturated carbocycles. The second kappa shape index (κ2) is 6.58. The van der Waals surface area contributed by atoms with Crippen molar-refractivity contribution in [1.29, 1.82) is 0 Å². The van der Waals surface area contributed by atoms with Crippen molar-refractivity contribution >= 4 is 39.6 Å². The minimum Gasteiger partial charge on any atom is -0.480 e. The summed E-state index contributed by atoms with van der Waals surface area (Å²) in [6.45, 7) is 0.604. The smallest absolute Gasteiger partial charge is 0.326 e. The summed E-state index contributed by atoms with van der Waals surface area (Å²) in [5, 5.41) is 9.68. The Morgan fingerprint density at radius 3 is 2.80 bits per heavy atom. The van der Waals surface area contributed by atoms with Crippen LogP contribution in [0.2, 0.25) is 0 Å². The van der Waals surface area contributed by atoms with Gasteiger partial charge in [-0.3, -0.25) is 9.78 Å². The largest absolute Gasteiger partial charge is 0.480 e. The molecule has 0 radical (unpaired) electrons. The molecular weight excluding hydrogens is 404 g/mol. The average molecular weight is 425 g/mol. The fourth-order valence-electron chi connectivity index (χ4n) is 4.53. The minimum atomic E-state index is -0.861. The number of likely N-dealkylation sites (tertiary alicyclic amines) is 1. The lowest BCUT2D eigenvalue weighted by molar-refractivity contribution is -0.149. The molecule has 1 N–H and O–H groups in total. The maximum Gasteiger partial charge on any atom is 0.326 e. The summed E-state index contributed by atoms with van der Waals surface area (Å²) in [6.07, 6.45) is 5.68. The van der Waals surface area contributed by atoms with Crippen molar-refractivity contribution in [3.63, 3.8) is 0 Å². The van der Waals surface area contributed by atoms with Crippen LogP contribution in [0.15, 0.2) is 16.7 Å². The number of carbonyl (C=O) groups is 2. The first kappa shape index (κ1) is 17.3. The molecule has 4 rings (SSSR count). The number of amides is 1. The molecule has 2 unspecified atom stereocenters. The van der Waals surface area contributed by atoms with E-state index in [1.54, 1.807) is 11.1 Å². The van der Waals surface area contributed by atoms with Crippen LogP contribution in [0.5, 0.6) is 0 Å². The molecule has 0 aromatic carbocycles. The lowest BCUT2D eigenvalue weighted by Gasteiger charge is -2.33. The van der Waals surface area contributed by atoms with Crippen LogP contribution in [0.3, 0.4) is 0 Å². The van der Waals surface area contributed by atoms with E-state index in [0.717, 1.165) is 40.1 Å². The average Bonchev–Trinajstić information content (AvgIpc) is 3.16. The number of pyridine rings is 1. The van der Waals surface area contributed by atoms with Crippen molar-refractivity contribution in [1.82, 2.24) is 9.88 Å². The van der Waals surface area contributed by atoms with Gasteiger partial charge < -0.3 is 10.0 Å². The van der Waals surface area contributed by atoms with Crippen LogP contribution in [0.1, 0.15) is 30.5 Å². The molecule has 2 aliphatic heterocycles. The zero-order chi connectivity index (χ0) is 17.6. The molecule has 1 spiro atoms. The molecule has 3 aliphatic rings. The summed E-state index contributed by atoms with van der Waals surface area (Å²) < 4.78 is 0.919. The summed E-state index contributed by atoms with van der Waals surface area (Å²) >= 11 is 5.36. The molecule has 2 fully saturated rings.